The second-order valence-corrected chi connectivity index (χ2v) is 7.59. The topological polar surface area (TPSA) is 38.7 Å². The minimum atomic E-state index is 0.471. The van der Waals surface area contributed by atoms with Crippen molar-refractivity contribution in [1.82, 2.24) is 15.0 Å². The fraction of sp³-hybridized carbons (Fsp3) is 0.435. The Morgan fingerprint density at radius 3 is 2.50 bits per heavy atom. The minimum absolute atomic E-state index is 0.471. The molecular formula is C23H29N3. The molecule has 1 aromatic carbocycles. The van der Waals surface area contributed by atoms with Crippen molar-refractivity contribution in [2.24, 2.45) is 0 Å². The molecule has 0 atom stereocenters. The van der Waals surface area contributed by atoms with Gasteiger partial charge in [-0.2, -0.15) is 0 Å². The molecule has 1 aliphatic carbocycles. The zero-order valence-electron chi connectivity index (χ0n) is 16.1. The highest BCUT2D eigenvalue weighted by Gasteiger charge is 2.20. The smallest absolute Gasteiger partial charge is 0.163 e. The van der Waals surface area contributed by atoms with Gasteiger partial charge in [-0.1, -0.05) is 55.2 Å². The second-order valence-electron chi connectivity index (χ2n) is 7.59. The standard InChI is InChI=1S/C23H29N3/c1-16(2)13-14-21-24-22(18-9-6-5-7-10-18)26-23(25-21)20-12-8-11-19(15-20)17(3)4/h8,11-12,15,18H,1,3,5-7,9-10,13-14H2,2,4H3. The molecule has 1 saturated carbocycles. The summed E-state index contributed by atoms with van der Waals surface area (Å²) in [6.07, 6.45) is 8.00. The molecule has 0 bridgehead atoms. The molecule has 0 radical (unpaired) electrons. The highest BCUT2D eigenvalue weighted by atomic mass is 15.0. The summed E-state index contributed by atoms with van der Waals surface area (Å²) in [6, 6.07) is 8.34. The predicted octanol–water partition coefficient (Wildman–Crippen LogP) is 6.13. The number of aryl methyl sites for hydroxylation is 1. The monoisotopic (exact) mass is 347 g/mol. The fourth-order valence-electron chi connectivity index (χ4n) is 3.47. The molecule has 136 valence electrons. The van der Waals surface area contributed by atoms with E-state index in [4.69, 9.17) is 15.0 Å². The first kappa shape index (κ1) is 18.5. The quantitative estimate of drug-likeness (QED) is 0.590. The van der Waals surface area contributed by atoms with Crippen molar-refractivity contribution < 1.29 is 0 Å². The Bertz CT molecular complexity index is 801. The first-order valence-electron chi connectivity index (χ1n) is 9.68. The van der Waals surface area contributed by atoms with Crippen LogP contribution in [0.3, 0.4) is 0 Å². The van der Waals surface area contributed by atoms with E-state index in [2.05, 4.69) is 44.3 Å². The lowest BCUT2D eigenvalue weighted by Crippen LogP contribution is -2.13. The molecule has 0 unspecified atom stereocenters. The molecule has 2 aromatic rings. The number of benzene rings is 1. The average Bonchev–Trinajstić information content (AvgIpc) is 2.67. The van der Waals surface area contributed by atoms with Gasteiger partial charge in [-0.25, -0.2) is 15.0 Å². The normalized spacial score (nSPS) is 15.0. The summed E-state index contributed by atoms with van der Waals surface area (Å²) in [5.74, 6) is 3.13. The molecule has 26 heavy (non-hydrogen) atoms. The lowest BCUT2D eigenvalue weighted by atomic mass is 9.88. The van der Waals surface area contributed by atoms with E-state index in [1.807, 2.05) is 6.92 Å². The van der Waals surface area contributed by atoms with E-state index < -0.39 is 0 Å². The van der Waals surface area contributed by atoms with Gasteiger partial charge in [0.1, 0.15) is 11.6 Å². The minimum Gasteiger partial charge on any atom is -0.218 e. The summed E-state index contributed by atoms with van der Waals surface area (Å²) in [5.41, 5.74) is 4.39. The largest absolute Gasteiger partial charge is 0.218 e. The van der Waals surface area contributed by atoms with Gasteiger partial charge in [0.15, 0.2) is 5.82 Å². The summed E-state index contributed by atoms with van der Waals surface area (Å²) >= 11 is 0. The second kappa shape index (κ2) is 8.39. The van der Waals surface area contributed by atoms with Crippen LogP contribution in [0.2, 0.25) is 0 Å². The van der Waals surface area contributed by atoms with E-state index in [-0.39, 0.29) is 0 Å². The van der Waals surface area contributed by atoms with Gasteiger partial charge in [0.25, 0.3) is 0 Å². The highest BCUT2D eigenvalue weighted by molar-refractivity contribution is 5.67. The van der Waals surface area contributed by atoms with Gasteiger partial charge < -0.3 is 0 Å². The molecule has 3 rings (SSSR count). The Morgan fingerprint density at radius 2 is 1.81 bits per heavy atom. The van der Waals surface area contributed by atoms with Gasteiger partial charge in [-0.3, -0.25) is 0 Å². The molecule has 0 N–H and O–H groups in total. The molecule has 1 heterocycles. The zero-order chi connectivity index (χ0) is 18.5. The van der Waals surface area contributed by atoms with E-state index in [0.29, 0.717) is 5.92 Å². The molecule has 3 heteroatoms. The Balaban J connectivity index is 1.99. The van der Waals surface area contributed by atoms with E-state index in [0.717, 1.165) is 52.6 Å². The maximum Gasteiger partial charge on any atom is 0.163 e. The summed E-state index contributed by atoms with van der Waals surface area (Å²) in [5, 5.41) is 0. The Kier molecular flexibility index (Phi) is 5.97. The molecule has 0 amide bonds. The summed E-state index contributed by atoms with van der Waals surface area (Å²) in [4.78, 5) is 14.5. The Hall–Kier alpha value is -2.29. The van der Waals surface area contributed by atoms with E-state index >= 15 is 0 Å². The predicted molar refractivity (Wildman–Crippen MR) is 109 cm³/mol. The first-order valence-corrected chi connectivity index (χ1v) is 9.68. The van der Waals surface area contributed by atoms with Crippen molar-refractivity contribution in [2.45, 2.75) is 64.7 Å². The van der Waals surface area contributed by atoms with Crippen molar-refractivity contribution in [3.8, 4) is 11.4 Å². The maximum atomic E-state index is 4.88. The lowest BCUT2D eigenvalue weighted by molar-refractivity contribution is 0.426. The first-order chi connectivity index (χ1) is 12.5. The van der Waals surface area contributed by atoms with E-state index in [1.165, 1.54) is 32.1 Å². The highest BCUT2D eigenvalue weighted by Crippen LogP contribution is 2.31. The number of hydrogen-bond donors (Lipinski definition) is 0. The lowest BCUT2D eigenvalue weighted by Gasteiger charge is -2.21. The van der Waals surface area contributed by atoms with Crippen LogP contribution >= 0.6 is 0 Å². The van der Waals surface area contributed by atoms with Crippen LogP contribution in [0.1, 0.15) is 75.5 Å². The molecule has 0 spiro atoms. The zero-order valence-corrected chi connectivity index (χ0v) is 16.1. The van der Waals surface area contributed by atoms with Gasteiger partial charge in [0.2, 0.25) is 0 Å². The number of nitrogens with zero attached hydrogens (tertiary/aromatic N) is 3. The number of rotatable bonds is 6. The van der Waals surface area contributed by atoms with Gasteiger partial charge in [-0.05, 0) is 44.7 Å². The van der Waals surface area contributed by atoms with Crippen molar-refractivity contribution in [3.63, 3.8) is 0 Å². The average molecular weight is 348 g/mol. The van der Waals surface area contributed by atoms with Crippen LogP contribution in [-0.2, 0) is 6.42 Å². The molecule has 0 saturated heterocycles. The van der Waals surface area contributed by atoms with Gasteiger partial charge >= 0.3 is 0 Å². The Morgan fingerprint density at radius 1 is 1.04 bits per heavy atom. The van der Waals surface area contributed by atoms with Crippen molar-refractivity contribution in [1.29, 1.82) is 0 Å². The van der Waals surface area contributed by atoms with E-state index in [1.54, 1.807) is 0 Å². The number of hydrogen-bond acceptors (Lipinski definition) is 3. The molecule has 1 aliphatic rings. The molecular weight excluding hydrogens is 318 g/mol. The summed E-state index contributed by atoms with van der Waals surface area (Å²) < 4.78 is 0. The van der Waals surface area contributed by atoms with Gasteiger partial charge in [-0.15, -0.1) is 6.58 Å². The van der Waals surface area contributed by atoms with Gasteiger partial charge in [0.05, 0.1) is 0 Å². The maximum absolute atomic E-state index is 4.88. The molecule has 1 aromatic heterocycles. The number of aromatic nitrogens is 3. The van der Waals surface area contributed by atoms with Crippen molar-refractivity contribution in [3.05, 3.63) is 60.2 Å². The fourth-order valence-corrected chi connectivity index (χ4v) is 3.47. The van der Waals surface area contributed by atoms with Crippen LogP contribution in [0.25, 0.3) is 17.0 Å². The van der Waals surface area contributed by atoms with Crippen molar-refractivity contribution in [2.75, 3.05) is 0 Å². The van der Waals surface area contributed by atoms with Crippen LogP contribution in [0.4, 0.5) is 0 Å². The number of allylic oxidation sites excluding steroid dienone is 2. The van der Waals surface area contributed by atoms with Crippen LogP contribution in [-0.4, -0.2) is 15.0 Å². The third kappa shape index (κ3) is 4.66. The third-order valence-corrected chi connectivity index (χ3v) is 5.06. The van der Waals surface area contributed by atoms with Gasteiger partial charge in [0, 0.05) is 17.9 Å². The Labute approximate surface area is 157 Å². The summed E-state index contributed by atoms with van der Waals surface area (Å²) in [6.45, 7) is 12.1. The van der Waals surface area contributed by atoms with Crippen LogP contribution in [0, 0.1) is 0 Å². The van der Waals surface area contributed by atoms with Crippen LogP contribution < -0.4 is 0 Å². The van der Waals surface area contributed by atoms with Crippen LogP contribution in [0.15, 0.2) is 43.0 Å². The molecule has 1 fully saturated rings. The third-order valence-electron chi connectivity index (χ3n) is 5.06. The molecule has 3 nitrogen and oxygen atoms in total. The van der Waals surface area contributed by atoms with Crippen molar-refractivity contribution >= 4 is 5.57 Å². The molecule has 0 aliphatic heterocycles. The SMILES string of the molecule is C=C(C)CCc1nc(-c2cccc(C(=C)C)c2)nc(C2CCCCC2)n1. The van der Waals surface area contributed by atoms with Crippen LogP contribution in [0.5, 0.6) is 0 Å². The van der Waals surface area contributed by atoms with E-state index in [9.17, 15) is 0 Å². The summed E-state index contributed by atoms with van der Waals surface area (Å²) in [7, 11) is 0.